The van der Waals surface area contributed by atoms with Gasteiger partial charge in [0.25, 0.3) is 5.69 Å². The summed E-state index contributed by atoms with van der Waals surface area (Å²) in [7, 11) is 0. The first kappa shape index (κ1) is 14.0. The highest BCUT2D eigenvalue weighted by Gasteiger charge is 2.11. The number of pyridine rings is 1. The predicted molar refractivity (Wildman–Crippen MR) is 78.8 cm³/mol. The van der Waals surface area contributed by atoms with Gasteiger partial charge in [0.2, 0.25) is 0 Å². The number of benzene rings is 1. The third-order valence-electron chi connectivity index (χ3n) is 3.18. The van der Waals surface area contributed by atoms with Crippen molar-refractivity contribution in [2.24, 2.45) is 0 Å². The van der Waals surface area contributed by atoms with Gasteiger partial charge in [-0.1, -0.05) is 31.2 Å². The first-order valence-corrected chi connectivity index (χ1v) is 6.53. The van der Waals surface area contributed by atoms with Crippen molar-refractivity contribution in [2.45, 2.75) is 26.8 Å². The second-order valence-corrected chi connectivity index (χ2v) is 4.64. The molecule has 0 aliphatic carbocycles. The molecule has 0 saturated heterocycles. The lowest BCUT2D eigenvalue weighted by Gasteiger charge is -2.07. The van der Waals surface area contributed by atoms with Crippen LogP contribution in [-0.2, 0) is 13.0 Å². The number of hydrogen-bond donors (Lipinski definition) is 1. The molecule has 5 nitrogen and oxygen atoms in total. The predicted octanol–water partition coefficient (Wildman–Crippen LogP) is 3.47. The zero-order chi connectivity index (χ0) is 14.5. The molecular formula is C15H17N3O2. The van der Waals surface area contributed by atoms with Crippen molar-refractivity contribution in [3.63, 3.8) is 0 Å². The van der Waals surface area contributed by atoms with Gasteiger partial charge in [-0.15, -0.1) is 0 Å². The Bertz CT molecular complexity index is 609. The molecule has 104 valence electrons. The summed E-state index contributed by atoms with van der Waals surface area (Å²) in [6.45, 7) is 4.48. The van der Waals surface area contributed by atoms with Crippen LogP contribution in [0.1, 0.15) is 23.6 Å². The van der Waals surface area contributed by atoms with Gasteiger partial charge in [-0.2, -0.15) is 0 Å². The third-order valence-corrected chi connectivity index (χ3v) is 3.18. The van der Waals surface area contributed by atoms with Crippen LogP contribution in [0.3, 0.4) is 0 Å². The fourth-order valence-electron chi connectivity index (χ4n) is 1.92. The normalized spacial score (nSPS) is 10.3. The Morgan fingerprint density at radius 1 is 1.25 bits per heavy atom. The second-order valence-electron chi connectivity index (χ2n) is 4.64. The first-order valence-electron chi connectivity index (χ1n) is 6.53. The molecule has 0 fully saturated rings. The summed E-state index contributed by atoms with van der Waals surface area (Å²) in [4.78, 5) is 14.4. The fourth-order valence-corrected chi connectivity index (χ4v) is 1.92. The molecule has 2 aromatic rings. The van der Waals surface area contributed by atoms with Crippen molar-refractivity contribution < 1.29 is 4.92 Å². The molecule has 5 heteroatoms. The number of nitrogens with one attached hydrogen (secondary N) is 1. The van der Waals surface area contributed by atoms with Gasteiger partial charge < -0.3 is 5.32 Å². The molecule has 0 spiro atoms. The largest absolute Gasteiger partial charge is 0.366 e. The van der Waals surface area contributed by atoms with Crippen LogP contribution in [0.5, 0.6) is 0 Å². The molecule has 0 aliphatic rings. The van der Waals surface area contributed by atoms with Crippen molar-refractivity contribution in [1.82, 2.24) is 4.98 Å². The monoisotopic (exact) mass is 271 g/mol. The summed E-state index contributed by atoms with van der Waals surface area (Å²) in [5.74, 6) is 0.646. The second kappa shape index (κ2) is 6.14. The van der Waals surface area contributed by atoms with Gasteiger partial charge in [0.1, 0.15) is 12.0 Å². The van der Waals surface area contributed by atoms with Crippen LogP contribution in [0.2, 0.25) is 0 Å². The number of hydrogen-bond acceptors (Lipinski definition) is 4. The molecule has 1 heterocycles. The number of aromatic nitrogens is 1. The minimum absolute atomic E-state index is 0.0443. The molecule has 1 N–H and O–H groups in total. The highest BCUT2D eigenvalue weighted by molar-refractivity contribution is 5.47. The van der Waals surface area contributed by atoms with Gasteiger partial charge in [0, 0.05) is 12.1 Å². The number of anilines is 1. The topological polar surface area (TPSA) is 68.1 Å². The maximum absolute atomic E-state index is 10.7. The van der Waals surface area contributed by atoms with E-state index in [1.54, 1.807) is 13.0 Å². The molecule has 0 saturated carbocycles. The van der Waals surface area contributed by atoms with Crippen molar-refractivity contribution in [2.75, 3.05) is 5.32 Å². The van der Waals surface area contributed by atoms with Crippen LogP contribution >= 0.6 is 0 Å². The molecule has 0 aliphatic heterocycles. The van der Waals surface area contributed by atoms with Crippen molar-refractivity contribution in [1.29, 1.82) is 0 Å². The summed E-state index contributed by atoms with van der Waals surface area (Å²) >= 11 is 0. The van der Waals surface area contributed by atoms with E-state index in [9.17, 15) is 10.1 Å². The maximum Gasteiger partial charge on any atom is 0.290 e. The molecule has 20 heavy (non-hydrogen) atoms. The number of nitrogens with zero attached hydrogens (tertiary/aromatic N) is 2. The summed E-state index contributed by atoms with van der Waals surface area (Å²) in [5, 5.41) is 13.9. The lowest BCUT2D eigenvalue weighted by molar-refractivity contribution is -0.385. The van der Waals surface area contributed by atoms with Gasteiger partial charge in [0.05, 0.1) is 4.92 Å². The van der Waals surface area contributed by atoms with E-state index in [1.807, 2.05) is 0 Å². The Balaban J connectivity index is 2.03. The molecule has 0 radical (unpaired) electrons. The molecule has 0 atom stereocenters. The Morgan fingerprint density at radius 2 is 1.90 bits per heavy atom. The minimum Gasteiger partial charge on any atom is -0.366 e. The number of nitro groups is 1. The van der Waals surface area contributed by atoms with Crippen LogP contribution in [0, 0.1) is 17.0 Å². The SMILES string of the molecule is CCc1ccc(CNc2cc(C)c([N+](=O)[O-])cn2)cc1. The first-order chi connectivity index (χ1) is 9.60. The number of rotatable bonds is 5. The molecule has 1 aromatic carbocycles. The van der Waals surface area contributed by atoms with E-state index >= 15 is 0 Å². The molecule has 1 aromatic heterocycles. The van der Waals surface area contributed by atoms with E-state index in [2.05, 4.69) is 41.5 Å². The summed E-state index contributed by atoms with van der Waals surface area (Å²) in [6, 6.07) is 10.0. The molecule has 2 rings (SSSR count). The van der Waals surface area contributed by atoms with E-state index in [1.165, 1.54) is 11.8 Å². The van der Waals surface area contributed by atoms with E-state index < -0.39 is 4.92 Å². The summed E-state index contributed by atoms with van der Waals surface area (Å²) < 4.78 is 0. The average molecular weight is 271 g/mol. The standard InChI is InChI=1S/C15H17N3O2/c1-3-12-4-6-13(7-5-12)9-16-15-8-11(2)14(10-17-15)18(19)20/h4-8,10H,3,9H2,1-2H3,(H,16,17). The highest BCUT2D eigenvalue weighted by Crippen LogP contribution is 2.19. The Kier molecular flexibility index (Phi) is 4.30. The lowest BCUT2D eigenvalue weighted by Crippen LogP contribution is -2.03. The van der Waals surface area contributed by atoms with Gasteiger partial charge in [0.15, 0.2) is 0 Å². The van der Waals surface area contributed by atoms with Crippen LogP contribution in [0.25, 0.3) is 0 Å². The van der Waals surface area contributed by atoms with Gasteiger partial charge >= 0.3 is 0 Å². The van der Waals surface area contributed by atoms with Crippen LogP contribution in [0.15, 0.2) is 36.5 Å². The smallest absolute Gasteiger partial charge is 0.290 e. The fraction of sp³-hybridized carbons (Fsp3) is 0.267. The maximum atomic E-state index is 10.7. The van der Waals surface area contributed by atoms with Crippen LogP contribution < -0.4 is 5.32 Å². The summed E-state index contributed by atoms with van der Waals surface area (Å²) in [5.41, 5.74) is 3.11. The van der Waals surface area contributed by atoms with Gasteiger partial charge in [-0.25, -0.2) is 4.98 Å². The Hall–Kier alpha value is -2.43. The lowest BCUT2D eigenvalue weighted by atomic mass is 10.1. The zero-order valence-corrected chi connectivity index (χ0v) is 11.6. The summed E-state index contributed by atoms with van der Waals surface area (Å²) in [6.07, 6.45) is 2.31. The van der Waals surface area contributed by atoms with Crippen LogP contribution in [-0.4, -0.2) is 9.91 Å². The third kappa shape index (κ3) is 3.32. The van der Waals surface area contributed by atoms with E-state index in [-0.39, 0.29) is 5.69 Å². The molecule has 0 bridgehead atoms. The molecular weight excluding hydrogens is 254 g/mol. The van der Waals surface area contributed by atoms with Crippen molar-refractivity contribution in [3.05, 3.63) is 63.3 Å². The van der Waals surface area contributed by atoms with Crippen molar-refractivity contribution >= 4 is 11.5 Å². The zero-order valence-electron chi connectivity index (χ0n) is 11.6. The van der Waals surface area contributed by atoms with E-state index in [0.717, 1.165) is 12.0 Å². The minimum atomic E-state index is -0.421. The highest BCUT2D eigenvalue weighted by atomic mass is 16.6. The quantitative estimate of drug-likeness (QED) is 0.667. The molecule has 0 amide bonds. The average Bonchev–Trinajstić information content (AvgIpc) is 2.45. The van der Waals surface area contributed by atoms with Gasteiger partial charge in [-0.3, -0.25) is 10.1 Å². The molecule has 0 unspecified atom stereocenters. The van der Waals surface area contributed by atoms with Gasteiger partial charge in [-0.05, 0) is 30.5 Å². The van der Waals surface area contributed by atoms with E-state index in [0.29, 0.717) is 17.9 Å². The Labute approximate surface area is 117 Å². The van der Waals surface area contributed by atoms with Crippen LogP contribution in [0.4, 0.5) is 11.5 Å². The van der Waals surface area contributed by atoms with E-state index in [4.69, 9.17) is 0 Å². The Morgan fingerprint density at radius 3 is 2.45 bits per heavy atom. The number of aryl methyl sites for hydroxylation is 2. The van der Waals surface area contributed by atoms with Crippen molar-refractivity contribution in [3.8, 4) is 0 Å².